The molecule has 0 atom stereocenters. The van der Waals surface area contributed by atoms with Crippen molar-refractivity contribution in [3.8, 4) is 11.4 Å². The van der Waals surface area contributed by atoms with Gasteiger partial charge in [0.05, 0.1) is 15.7 Å². The molecule has 1 heterocycles. The van der Waals surface area contributed by atoms with Gasteiger partial charge in [-0.25, -0.2) is 4.68 Å². The Bertz CT molecular complexity index is 1150. The minimum atomic E-state index is -0.631. The molecule has 0 fully saturated rings. The number of halogens is 2. The fourth-order valence-electron chi connectivity index (χ4n) is 2.33. The van der Waals surface area contributed by atoms with Crippen LogP contribution in [-0.4, -0.2) is 37.4 Å². The molecule has 2 aromatic carbocycles. The molecule has 0 aliphatic heterocycles. The Kier molecular flexibility index (Phi) is 6.95. The van der Waals surface area contributed by atoms with E-state index in [1.807, 2.05) is 0 Å². The van der Waals surface area contributed by atoms with Crippen LogP contribution in [0.1, 0.15) is 10.4 Å². The van der Waals surface area contributed by atoms with Gasteiger partial charge < -0.3 is 5.84 Å². The topological polar surface area (TPSA) is 158 Å². The summed E-state index contributed by atoms with van der Waals surface area (Å²) in [4.78, 5) is 34.1. The fourth-order valence-corrected chi connectivity index (χ4v) is 3.36. The van der Waals surface area contributed by atoms with Crippen molar-refractivity contribution < 1.29 is 14.5 Å². The molecular formula is C17H13Cl2N7O4S. The van der Waals surface area contributed by atoms with Crippen molar-refractivity contribution in [3.63, 3.8) is 0 Å². The van der Waals surface area contributed by atoms with Gasteiger partial charge in [-0.05, 0) is 30.3 Å². The molecule has 4 N–H and O–H groups in total. The van der Waals surface area contributed by atoms with Gasteiger partial charge in [0.15, 0.2) is 5.82 Å². The van der Waals surface area contributed by atoms with Gasteiger partial charge in [-0.15, -0.1) is 10.2 Å². The maximum Gasteiger partial charge on any atom is 0.269 e. The standard InChI is InChI=1S/C17H13Cl2N7O4S/c18-10-3-6-13(19)12(7-10)15-22-24-17(25(15)20)31-8-14(27)21-23-16(28)9-1-4-11(5-2-9)26(29)30/h1-7H,8,20H2,(H,21,27)(H,23,28). The first-order valence-corrected chi connectivity index (χ1v) is 10.1. The number of nitrogens with one attached hydrogen (secondary N) is 2. The number of amides is 2. The predicted molar refractivity (Wildman–Crippen MR) is 115 cm³/mol. The number of nitrogens with zero attached hydrogens (tertiary/aromatic N) is 4. The quantitative estimate of drug-likeness (QED) is 0.209. The lowest BCUT2D eigenvalue weighted by molar-refractivity contribution is -0.384. The van der Waals surface area contributed by atoms with E-state index in [9.17, 15) is 19.7 Å². The number of carbonyl (C=O) groups is 2. The largest absolute Gasteiger partial charge is 0.335 e. The van der Waals surface area contributed by atoms with Crippen LogP contribution in [0.5, 0.6) is 0 Å². The van der Waals surface area contributed by atoms with Crippen LogP contribution < -0.4 is 16.7 Å². The van der Waals surface area contributed by atoms with Crippen molar-refractivity contribution in [2.75, 3.05) is 11.6 Å². The van der Waals surface area contributed by atoms with Crippen LogP contribution in [0.15, 0.2) is 47.6 Å². The Labute approximate surface area is 189 Å². The van der Waals surface area contributed by atoms with Crippen molar-refractivity contribution in [3.05, 3.63) is 68.2 Å². The maximum absolute atomic E-state index is 12.0. The van der Waals surface area contributed by atoms with E-state index in [0.29, 0.717) is 15.6 Å². The number of hydrogen-bond donors (Lipinski definition) is 3. The average molecular weight is 482 g/mol. The highest BCUT2D eigenvalue weighted by molar-refractivity contribution is 7.99. The molecule has 0 saturated carbocycles. The molecule has 14 heteroatoms. The van der Waals surface area contributed by atoms with Crippen molar-refractivity contribution in [2.45, 2.75) is 5.16 Å². The van der Waals surface area contributed by atoms with E-state index in [4.69, 9.17) is 29.0 Å². The first-order valence-electron chi connectivity index (χ1n) is 8.38. The molecular weight excluding hydrogens is 469 g/mol. The van der Waals surface area contributed by atoms with Crippen LogP contribution in [0.25, 0.3) is 11.4 Å². The number of benzene rings is 2. The van der Waals surface area contributed by atoms with Crippen LogP contribution in [0.3, 0.4) is 0 Å². The van der Waals surface area contributed by atoms with E-state index < -0.39 is 16.7 Å². The summed E-state index contributed by atoms with van der Waals surface area (Å²) >= 11 is 13.1. The molecule has 160 valence electrons. The number of nitrogen functional groups attached to an aromatic ring is 1. The van der Waals surface area contributed by atoms with Gasteiger partial charge in [0.2, 0.25) is 11.1 Å². The Morgan fingerprint density at radius 3 is 2.52 bits per heavy atom. The monoisotopic (exact) mass is 481 g/mol. The van der Waals surface area contributed by atoms with Crippen LogP contribution in [0.2, 0.25) is 10.0 Å². The van der Waals surface area contributed by atoms with Crippen molar-refractivity contribution in [1.29, 1.82) is 0 Å². The summed E-state index contributed by atoms with van der Waals surface area (Å²) in [6, 6.07) is 9.72. The molecule has 11 nitrogen and oxygen atoms in total. The van der Waals surface area contributed by atoms with Gasteiger partial charge in [-0.1, -0.05) is 35.0 Å². The second-order valence-corrected chi connectivity index (χ2v) is 7.68. The molecule has 0 aliphatic rings. The molecule has 0 radical (unpaired) electrons. The highest BCUT2D eigenvalue weighted by Gasteiger charge is 2.17. The zero-order valence-corrected chi connectivity index (χ0v) is 17.7. The third kappa shape index (κ3) is 5.42. The lowest BCUT2D eigenvalue weighted by atomic mass is 10.2. The molecule has 3 rings (SSSR count). The first-order chi connectivity index (χ1) is 14.8. The summed E-state index contributed by atoms with van der Waals surface area (Å²) in [6.07, 6.45) is 0. The number of hydrazine groups is 1. The van der Waals surface area contributed by atoms with E-state index in [-0.39, 0.29) is 28.0 Å². The Morgan fingerprint density at radius 2 is 1.84 bits per heavy atom. The van der Waals surface area contributed by atoms with E-state index in [0.717, 1.165) is 11.8 Å². The van der Waals surface area contributed by atoms with E-state index >= 15 is 0 Å². The summed E-state index contributed by atoms with van der Waals surface area (Å²) in [7, 11) is 0. The van der Waals surface area contributed by atoms with Gasteiger partial charge >= 0.3 is 0 Å². The number of nitrogens with two attached hydrogens (primary N) is 1. The predicted octanol–water partition coefficient (Wildman–Crippen LogP) is 2.43. The minimum absolute atomic E-state index is 0.126. The van der Waals surface area contributed by atoms with Gasteiger partial charge in [0.25, 0.3) is 11.6 Å². The number of non-ortho nitro benzene ring substituents is 1. The highest BCUT2D eigenvalue weighted by Crippen LogP contribution is 2.30. The van der Waals surface area contributed by atoms with Gasteiger partial charge in [0.1, 0.15) is 0 Å². The second-order valence-electron chi connectivity index (χ2n) is 5.90. The normalized spacial score (nSPS) is 10.5. The Balaban J connectivity index is 1.55. The van der Waals surface area contributed by atoms with Crippen molar-refractivity contribution >= 4 is 52.5 Å². The summed E-state index contributed by atoms with van der Waals surface area (Å²) in [5.74, 6) is 4.96. The number of hydrogen-bond acceptors (Lipinski definition) is 8. The van der Waals surface area contributed by atoms with E-state index in [1.54, 1.807) is 18.2 Å². The molecule has 31 heavy (non-hydrogen) atoms. The smallest absolute Gasteiger partial charge is 0.269 e. The molecule has 0 bridgehead atoms. The van der Waals surface area contributed by atoms with Crippen LogP contribution in [0, 0.1) is 10.1 Å². The number of aromatic nitrogens is 3. The van der Waals surface area contributed by atoms with Gasteiger partial charge in [-0.2, -0.15) is 0 Å². The molecule has 0 aliphatic carbocycles. The minimum Gasteiger partial charge on any atom is -0.335 e. The molecule has 1 aromatic heterocycles. The van der Waals surface area contributed by atoms with Crippen LogP contribution >= 0.6 is 35.0 Å². The van der Waals surface area contributed by atoms with Crippen molar-refractivity contribution in [1.82, 2.24) is 25.7 Å². The fraction of sp³-hybridized carbons (Fsp3) is 0.0588. The van der Waals surface area contributed by atoms with E-state index in [2.05, 4.69) is 21.0 Å². The third-order valence-corrected chi connectivity index (χ3v) is 5.33. The lowest BCUT2D eigenvalue weighted by Gasteiger charge is -2.08. The molecule has 0 saturated heterocycles. The molecule has 3 aromatic rings. The first kappa shape index (κ1) is 22.3. The number of rotatable bonds is 6. The summed E-state index contributed by atoms with van der Waals surface area (Å²) < 4.78 is 1.17. The Morgan fingerprint density at radius 1 is 1.13 bits per heavy atom. The SMILES string of the molecule is Nn1c(SCC(=O)NNC(=O)c2ccc([N+](=O)[O-])cc2)nnc1-c1cc(Cl)ccc1Cl. The van der Waals surface area contributed by atoms with Crippen molar-refractivity contribution in [2.24, 2.45) is 0 Å². The van der Waals surface area contributed by atoms with Gasteiger partial charge in [-0.3, -0.25) is 30.6 Å². The lowest BCUT2D eigenvalue weighted by Crippen LogP contribution is -2.42. The average Bonchev–Trinajstić information content (AvgIpc) is 3.12. The number of carbonyl (C=O) groups excluding carboxylic acids is 2. The Hall–Kier alpha value is -3.35. The number of nitro benzene ring substituents is 1. The summed E-state index contributed by atoms with van der Waals surface area (Å²) in [6.45, 7) is 0. The highest BCUT2D eigenvalue weighted by atomic mass is 35.5. The summed E-state index contributed by atoms with van der Waals surface area (Å²) in [5.41, 5.74) is 4.92. The molecule has 0 unspecified atom stereocenters. The van der Waals surface area contributed by atoms with E-state index in [1.165, 1.54) is 28.9 Å². The van der Waals surface area contributed by atoms with Crippen LogP contribution in [0.4, 0.5) is 5.69 Å². The molecule has 0 spiro atoms. The number of nitro groups is 1. The molecule has 2 amide bonds. The maximum atomic E-state index is 12.0. The number of thioether (sulfide) groups is 1. The third-order valence-electron chi connectivity index (χ3n) is 3.82. The zero-order valence-electron chi connectivity index (χ0n) is 15.4. The summed E-state index contributed by atoms with van der Waals surface area (Å²) in [5, 5.41) is 19.6. The zero-order chi connectivity index (χ0) is 22.5. The van der Waals surface area contributed by atoms with Crippen LogP contribution in [-0.2, 0) is 4.79 Å². The van der Waals surface area contributed by atoms with Gasteiger partial charge in [0, 0.05) is 28.3 Å². The second kappa shape index (κ2) is 9.64.